The first-order valence-electron chi connectivity index (χ1n) is 5.76. The number of fused-ring (bicyclic) bond motifs is 1. The minimum atomic E-state index is -0.105. The number of urea groups is 1. The fourth-order valence-electron chi connectivity index (χ4n) is 2.35. The van der Waals surface area contributed by atoms with E-state index >= 15 is 0 Å². The number of benzene rings is 1. The highest BCUT2D eigenvalue weighted by Crippen LogP contribution is 2.27. The van der Waals surface area contributed by atoms with Gasteiger partial charge < -0.3 is 15.5 Å². The SMILES string of the molecule is O=C1NCc2ccc(N3CCCC3)cc2N1. The van der Waals surface area contributed by atoms with Crippen molar-refractivity contribution in [2.45, 2.75) is 19.4 Å². The summed E-state index contributed by atoms with van der Waals surface area (Å²) in [6.07, 6.45) is 2.54. The Bertz CT molecular complexity index is 424. The van der Waals surface area contributed by atoms with Crippen LogP contribution in [0.3, 0.4) is 0 Å². The predicted molar refractivity (Wildman–Crippen MR) is 63.7 cm³/mol. The molecule has 2 aliphatic heterocycles. The molecule has 4 heteroatoms. The highest BCUT2D eigenvalue weighted by Gasteiger charge is 2.17. The lowest BCUT2D eigenvalue weighted by Crippen LogP contribution is -2.33. The molecule has 2 aliphatic rings. The molecule has 1 fully saturated rings. The molecule has 0 aliphatic carbocycles. The molecule has 0 bridgehead atoms. The zero-order valence-electron chi connectivity index (χ0n) is 9.12. The van der Waals surface area contributed by atoms with E-state index in [1.165, 1.54) is 18.5 Å². The minimum absolute atomic E-state index is 0.105. The molecule has 2 N–H and O–H groups in total. The van der Waals surface area contributed by atoms with Crippen molar-refractivity contribution in [1.29, 1.82) is 0 Å². The van der Waals surface area contributed by atoms with Gasteiger partial charge in [-0.05, 0) is 30.5 Å². The molecule has 84 valence electrons. The highest BCUT2D eigenvalue weighted by atomic mass is 16.2. The van der Waals surface area contributed by atoms with E-state index < -0.39 is 0 Å². The second-order valence-electron chi connectivity index (χ2n) is 4.34. The zero-order chi connectivity index (χ0) is 11.0. The van der Waals surface area contributed by atoms with E-state index in [0.717, 1.165) is 24.3 Å². The second-order valence-corrected chi connectivity index (χ2v) is 4.34. The Labute approximate surface area is 94.6 Å². The van der Waals surface area contributed by atoms with Gasteiger partial charge in [0.1, 0.15) is 0 Å². The molecular weight excluding hydrogens is 202 g/mol. The van der Waals surface area contributed by atoms with Crippen LogP contribution in [0.1, 0.15) is 18.4 Å². The number of carbonyl (C=O) groups excluding carboxylic acids is 1. The number of carbonyl (C=O) groups is 1. The van der Waals surface area contributed by atoms with Gasteiger partial charge in [-0.25, -0.2) is 4.79 Å². The maximum absolute atomic E-state index is 11.2. The van der Waals surface area contributed by atoms with Gasteiger partial charge in [0.2, 0.25) is 0 Å². The molecule has 16 heavy (non-hydrogen) atoms. The van der Waals surface area contributed by atoms with Crippen LogP contribution in [0, 0.1) is 0 Å². The number of anilines is 2. The van der Waals surface area contributed by atoms with Gasteiger partial charge in [-0.3, -0.25) is 0 Å². The fraction of sp³-hybridized carbons (Fsp3) is 0.417. The van der Waals surface area contributed by atoms with E-state index in [9.17, 15) is 4.79 Å². The van der Waals surface area contributed by atoms with E-state index in [2.05, 4.69) is 33.7 Å². The van der Waals surface area contributed by atoms with Gasteiger partial charge in [0, 0.05) is 31.0 Å². The number of hydrogen-bond donors (Lipinski definition) is 2. The number of nitrogens with zero attached hydrogens (tertiary/aromatic N) is 1. The smallest absolute Gasteiger partial charge is 0.319 e. The highest BCUT2D eigenvalue weighted by molar-refractivity contribution is 5.92. The van der Waals surface area contributed by atoms with Crippen LogP contribution in [0.2, 0.25) is 0 Å². The third-order valence-electron chi connectivity index (χ3n) is 3.25. The Morgan fingerprint density at radius 2 is 2.00 bits per heavy atom. The topological polar surface area (TPSA) is 44.4 Å². The number of amides is 2. The van der Waals surface area contributed by atoms with E-state index in [1.54, 1.807) is 0 Å². The molecule has 3 rings (SSSR count). The molecule has 0 spiro atoms. The Kier molecular flexibility index (Phi) is 2.20. The Morgan fingerprint density at radius 1 is 1.19 bits per heavy atom. The first-order chi connectivity index (χ1) is 7.83. The van der Waals surface area contributed by atoms with Crippen molar-refractivity contribution in [3.05, 3.63) is 23.8 Å². The van der Waals surface area contributed by atoms with Crippen molar-refractivity contribution < 1.29 is 4.79 Å². The van der Waals surface area contributed by atoms with Crippen molar-refractivity contribution in [2.75, 3.05) is 23.3 Å². The summed E-state index contributed by atoms with van der Waals surface area (Å²) in [6.45, 7) is 2.89. The summed E-state index contributed by atoms with van der Waals surface area (Å²) in [5.74, 6) is 0. The molecule has 1 saturated heterocycles. The van der Waals surface area contributed by atoms with Gasteiger partial charge in [0.05, 0.1) is 0 Å². The quantitative estimate of drug-likeness (QED) is 0.754. The van der Waals surface area contributed by atoms with Gasteiger partial charge in [-0.1, -0.05) is 6.07 Å². The average Bonchev–Trinajstić information content (AvgIpc) is 2.81. The normalized spacial score (nSPS) is 19.0. The van der Waals surface area contributed by atoms with Gasteiger partial charge in [-0.2, -0.15) is 0 Å². The van der Waals surface area contributed by atoms with Gasteiger partial charge >= 0.3 is 6.03 Å². The summed E-state index contributed by atoms with van der Waals surface area (Å²) >= 11 is 0. The standard InChI is InChI=1S/C12H15N3O/c16-12-13-8-9-3-4-10(7-11(9)14-12)15-5-1-2-6-15/h3-4,7H,1-2,5-6,8H2,(H2,13,14,16). The van der Waals surface area contributed by atoms with Crippen LogP contribution in [-0.2, 0) is 6.54 Å². The molecule has 4 nitrogen and oxygen atoms in total. The number of hydrogen-bond acceptors (Lipinski definition) is 2. The molecule has 1 aromatic carbocycles. The lowest BCUT2D eigenvalue weighted by molar-refractivity contribution is 0.251. The first-order valence-corrected chi connectivity index (χ1v) is 5.76. The van der Waals surface area contributed by atoms with Crippen LogP contribution >= 0.6 is 0 Å². The van der Waals surface area contributed by atoms with E-state index in [-0.39, 0.29) is 6.03 Å². The van der Waals surface area contributed by atoms with E-state index in [4.69, 9.17) is 0 Å². The molecule has 2 amide bonds. The molecule has 0 atom stereocenters. The Morgan fingerprint density at radius 3 is 2.81 bits per heavy atom. The van der Waals surface area contributed by atoms with Crippen LogP contribution < -0.4 is 15.5 Å². The fourth-order valence-corrected chi connectivity index (χ4v) is 2.35. The number of rotatable bonds is 1. The lowest BCUT2D eigenvalue weighted by atomic mass is 10.1. The molecule has 2 heterocycles. The van der Waals surface area contributed by atoms with Crippen LogP contribution in [0.15, 0.2) is 18.2 Å². The molecule has 0 radical (unpaired) electrons. The number of nitrogens with one attached hydrogen (secondary N) is 2. The lowest BCUT2D eigenvalue weighted by Gasteiger charge is -2.23. The van der Waals surface area contributed by atoms with Gasteiger partial charge in [0.15, 0.2) is 0 Å². The third-order valence-corrected chi connectivity index (χ3v) is 3.25. The van der Waals surface area contributed by atoms with E-state index in [1.807, 2.05) is 0 Å². The minimum Gasteiger partial charge on any atom is -0.371 e. The monoisotopic (exact) mass is 217 g/mol. The van der Waals surface area contributed by atoms with E-state index in [0.29, 0.717) is 6.54 Å². The molecular formula is C12H15N3O. The molecule has 1 aromatic rings. The van der Waals surface area contributed by atoms with Crippen molar-refractivity contribution in [1.82, 2.24) is 5.32 Å². The summed E-state index contributed by atoms with van der Waals surface area (Å²) in [5, 5.41) is 5.61. The van der Waals surface area contributed by atoms with Crippen LogP contribution in [-0.4, -0.2) is 19.1 Å². The van der Waals surface area contributed by atoms with Crippen molar-refractivity contribution in [3.63, 3.8) is 0 Å². The molecule has 0 saturated carbocycles. The Balaban J connectivity index is 1.91. The largest absolute Gasteiger partial charge is 0.371 e. The van der Waals surface area contributed by atoms with Crippen molar-refractivity contribution >= 4 is 17.4 Å². The van der Waals surface area contributed by atoms with Crippen LogP contribution in [0.5, 0.6) is 0 Å². The van der Waals surface area contributed by atoms with Gasteiger partial charge in [0.25, 0.3) is 0 Å². The van der Waals surface area contributed by atoms with Crippen molar-refractivity contribution in [3.8, 4) is 0 Å². The zero-order valence-corrected chi connectivity index (χ0v) is 9.12. The second kappa shape index (κ2) is 3.70. The maximum atomic E-state index is 11.2. The van der Waals surface area contributed by atoms with Gasteiger partial charge in [-0.15, -0.1) is 0 Å². The third kappa shape index (κ3) is 1.60. The summed E-state index contributed by atoms with van der Waals surface area (Å²) < 4.78 is 0. The summed E-state index contributed by atoms with van der Waals surface area (Å²) in [7, 11) is 0. The summed E-state index contributed by atoms with van der Waals surface area (Å²) in [4.78, 5) is 13.6. The average molecular weight is 217 g/mol. The predicted octanol–water partition coefficient (Wildman–Crippen LogP) is 1.92. The summed E-state index contributed by atoms with van der Waals surface area (Å²) in [5.41, 5.74) is 3.33. The first kappa shape index (κ1) is 9.51. The Hall–Kier alpha value is -1.71. The maximum Gasteiger partial charge on any atom is 0.319 e. The van der Waals surface area contributed by atoms with Crippen molar-refractivity contribution in [2.24, 2.45) is 0 Å². The molecule has 0 aromatic heterocycles. The molecule has 0 unspecified atom stereocenters. The van der Waals surface area contributed by atoms with Crippen LogP contribution in [0.4, 0.5) is 16.2 Å². The summed E-state index contributed by atoms with van der Waals surface area (Å²) in [6, 6.07) is 6.21. The van der Waals surface area contributed by atoms with Crippen LogP contribution in [0.25, 0.3) is 0 Å².